The third-order valence-corrected chi connectivity index (χ3v) is 0.474. The normalized spacial score (nSPS) is 11.7. The zero-order valence-corrected chi connectivity index (χ0v) is 5.08. The first-order chi connectivity index (χ1) is 2.64. The molecule has 5 heteroatoms. The average Bonchev–Trinajstić information content (AvgIpc) is 1.36. The highest BCUT2D eigenvalue weighted by atomic mass is 35.5. The molecule has 0 fully saturated rings. The minimum Gasteiger partial charge on any atom is -0.479 e. The molecule has 3 nitrogen and oxygen atoms in total. The van der Waals surface area contributed by atoms with Crippen molar-refractivity contribution in [3.8, 4) is 0 Å². The van der Waals surface area contributed by atoms with Crippen molar-refractivity contribution in [2.45, 2.75) is 5.37 Å². The first-order valence-corrected chi connectivity index (χ1v) is 1.82. The lowest BCUT2D eigenvalue weighted by Gasteiger charge is -1.89. The van der Waals surface area contributed by atoms with Gasteiger partial charge in [0.25, 0.3) is 0 Å². The molecule has 0 spiro atoms. The van der Waals surface area contributed by atoms with Crippen molar-refractivity contribution < 1.29 is 9.90 Å². The first-order valence-electron chi connectivity index (χ1n) is 1.31. The Labute approximate surface area is 52.7 Å². The molecule has 0 aromatic heterocycles. The van der Waals surface area contributed by atoms with Crippen molar-refractivity contribution in [3.63, 3.8) is 0 Å². The number of carboxylic acid groups (broad SMARTS) is 1. The molecule has 0 rings (SSSR count). The number of halogens is 1. The van der Waals surface area contributed by atoms with Crippen molar-refractivity contribution in [2.24, 2.45) is 5.73 Å². The summed E-state index contributed by atoms with van der Waals surface area (Å²) in [5, 5.41) is 6.75. The maximum Gasteiger partial charge on any atom is 0.330 e. The van der Waals surface area contributed by atoms with Crippen LogP contribution in [0.2, 0.25) is 0 Å². The monoisotopic (exact) mass is 143 g/mol. The quantitative estimate of drug-likeness (QED) is 0.349. The summed E-state index contributed by atoms with van der Waals surface area (Å²) in [5.41, 5.74) is 4.70. The van der Waals surface area contributed by atoms with Gasteiger partial charge in [-0.3, -0.25) is 0 Å². The molecular formula is C2H6ClNO2S. The maximum absolute atomic E-state index is 9.50. The second-order valence-electron chi connectivity index (χ2n) is 0.783. The van der Waals surface area contributed by atoms with E-state index in [9.17, 15) is 4.79 Å². The van der Waals surface area contributed by atoms with Gasteiger partial charge in [-0.2, -0.15) is 0 Å². The fourth-order valence-electron chi connectivity index (χ4n) is 0. The summed E-state index contributed by atoms with van der Waals surface area (Å²) in [6.07, 6.45) is 0. The van der Waals surface area contributed by atoms with Crippen LogP contribution >= 0.6 is 25.0 Å². The van der Waals surface area contributed by atoms with E-state index in [4.69, 9.17) is 10.8 Å². The van der Waals surface area contributed by atoms with E-state index in [1.807, 2.05) is 0 Å². The lowest BCUT2D eigenvalue weighted by molar-refractivity contribution is -0.136. The second kappa shape index (κ2) is 4.23. The molecule has 3 N–H and O–H groups in total. The predicted molar refractivity (Wildman–Crippen MR) is 31.8 cm³/mol. The first kappa shape index (κ1) is 10.1. The van der Waals surface area contributed by atoms with Crippen LogP contribution in [0.4, 0.5) is 0 Å². The van der Waals surface area contributed by atoms with Gasteiger partial charge in [0.05, 0.1) is 0 Å². The number of hydrogen-bond acceptors (Lipinski definition) is 3. The van der Waals surface area contributed by atoms with Crippen LogP contribution in [0.3, 0.4) is 0 Å². The van der Waals surface area contributed by atoms with Crippen LogP contribution in [0, 0.1) is 0 Å². The van der Waals surface area contributed by atoms with Crippen molar-refractivity contribution >= 4 is 31.0 Å². The second-order valence-corrected chi connectivity index (χ2v) is 1.34. The molecule has 0 unspecified atom stereocenters. The minimum atomic E-state index is -1.10. The molecule has 0 amide bonds. The molecule has 0 heterocycles. The molecule has 0 aliphatic heterocycles. The van der Waals surface area contributed by atoms with Crippen LogP contribution in [0.5, 0.6) is 0 Å². The van der Waals surface area contributed by atoms with Crippen molar-refractivity contribution in [2.75, 3.05) is 0 Å². The molecule has 0 saturated carbocycles. The molecule has 0 aromatic carbocycles. The van der Waals surface area contributed by atoms with Gasteiger partial charge in [-0.15, -0.1) is 25.0 Å². The zero-order chi connectivity index (χ0) is 5.15. The molecule has 1 atom stereocenters. The van der Waals surface area contributed by atoms with E-state index >= 15 is 0 Å². The maximum atomic E-state index is 9.50. The van der Waals surface area contributed by atoms with Gasteiger partial charge >= 0.3 is 5.97 Å². The molecule has 0 aliphatic rings. The third-order valence-electron chi connectivity index (χ3n) is 0.253. The number of aliphatic carboxylic acids is 1. The molecule has 0 aromatic rings. The van der Waals surface area contributed by atoms with Gasteiger partial charge in [-0.25, -0.2) is 4.79 Å². The smallest absolute Gasteiger partial charge is 0.330 e. The predicted octanol–water partition coefficient (Wildman–Crippen LogP) is -0.293. The highest BCUT2D eigenvalue weighted by Crippen LogP contribution is 1.79. The Hall–Kier alpha value is 0.0700. The Morgan fingerprint density at radius 1 is 1.86 bits per heavy atom. The van der Waals surface area contributed by atoms with E-state index in [0.29, 0.717) is 0 Å². The van der Waals surface area contributed by atoms with Crippen LogP contribution in [0.25, 0.3) is 0 Å². The van der Waals surface area contributed by atoms with Gasteiger partial charge in [-0.1, -0.05) is 0 Å². The Balaban J connectivity index is 0. The van der Waals surface area contributed by atoms with Crippen LogP contribution in [0.15, 0.2) is 0 Å². The summed E-state index contributed by atoms with van der Waals surface area (Å²) >= 11 is 3.37. The largest absolute Gasteiger partial charge is 0.479 e. The Morgan fingerprint density at radius 3 is 2.00 bits per heavy atom. The van der Waals surface area contributed by atoms with E-state index in [2.05, 4.69) is 12.6 Å². The summed E-state index contributed by atoms with van der Waals surface area (Å²) in [7, 11) is 0. The number of thiol groups is 1. The van der Waals surface area contributed by atoms with Gasteiger partial charge in [0.2, 0.25) is 0 Å². The van der Waals surface area contributed by atoms with Gasteiger partial charge in [-0.05, 0) is 0 Å². The number of carboxylic acids is 1. The summed E-state index contributed by atoms with van der Waals surface area (Å²) in [5.74, 6) is -1.10. The summed E-state index contributed by atoms with van der Waals surface area (Å²) in [6.45, 7) is 0. The lowest BCUT2D eigenvalue weighted by atomic mass is 10.7. The standard InChI is InChI=1S/C2H5NO2S.ClH/c3-1(6)2(4)5;/h1,6H,3H2,(H,4,5);1H/t1-;/m0./s1. The Kier molecular flexibility index (Phi) is 6.13. The van der Waals surface area contributed by atoms with E-state index in [0.717, 1.165) is 0 Å². The highest BCUT2D eigenvalue weighted by molar-refractivity contribution is 7.81. The Bertz CT molecular complexity index is 66.7. The molecule has 7 heavy (non-hydrogen) atoms. The number of hydrogen-bond donors (Lipinski definition) is 3. The molecule has 44 valence electrons. The van der Waals surface area contributed by atoms with Gasteiger partial charge in [0.1, 0.15) is 5.37 Å². The fourth-order valence-corrected chi connectivity index (χ4v) is 0. The summed E-state index contributed by atoms with van der Waals surface area (Å²) in [4.78, 5) is 9.50. The zero-order valence-electron chi connectivity index (χ0n) is 3.37. The van der Waals surface area contributed by atoms with Crippen LogP contribution in [0.1, 0.15) is 0 Å². The van der Waals surface area contributed by atoms with Crippen LogP contribution in [-0.4, -0.2) is 16.4 Å². The number of nitrogens with two attached hydrogens (primary N) is 1. The SMILES string of the molecule is Cl.N[C@@H](S)C(=O)O. The van der Waals surface area contributed by atoms with E-state index < -0.39 is 11.3 Å². The third kappa shape index (κ3) is 6.07. The molecular weight excluding hydrogens is 138 g/mol. The number of rotatable bonds is 1. The summed E-state index contributed by atoms with van der Waals surface area (Å²) < 4.78 is 0. The van der Waals surface area contributed by atoms with Crippen molar-refractivity contribution in [3.05, 3.63) is 0 Å². The van der Waals surface area contributed by atoms with Gasteiger partial charge in [0.15, 0.2) is 0 Å². The van der Waals surface area contributed by atoms with Gasteiger partial charge < -0.3 is 10.8 Å². The Morgan fingerprint density at radius 2 is 2.00 bits per heavy atom. The van der Waals surface area contributed by atoms with Crippen molar-refractivity contribution in [1.82, 2.24) is 0 Å². The average molecular weight is 144 g/mol. The van der Waals surface area contributed by atoms with Crippen molar-refractivity contribution in [1.29, 1.82) is 0 Å². The van der Waals surface area contributed by atoms with E-state index in [1.54, 1.807) is 0 Å². The molecule has 0 bridgehead atoms. The summed E-state index contributed by atoms with van der Waals surface area (Å²) in [6, 6.07) is 0. The van der Waals surface area contributed by atoms with Gasteiger partial charge in [0, 0.05) is 0 Å². The topological polar surface area (TPSA) is 63.3 Å². The number of carbonyl (C=O) groups is 1. The highest BCUT2D eigenvalue weighted by Gasteiger charge is 2.00. The fraction of sp³-hybridized carbons (Fsp3) is 0.500. The van der Waals surface area contributed by atoms with Crippen LogP contribution < -0.4 is 5.73 Å². The van der Waals surface area contributed by atoms with Crippen LogP contribution in [-0.2, 0) is 4.79 Å². The minimum absolute atomic E-state index is 0. The van der Waals surface area contributed by atoms with E-state index in [1.165, 1.54) is 0 Å². The lowest BCUT2D eigenvalue weighted by Crippen LogP contribution is -2.22. The molecule has 0 radical (unpaired) electrons. The molecule has 0 saturated heterocycles. The van der Waals surface area contributed by atoms with E-state index in [-0.39, 0.29) is 12.4 Å². The molecule has 0 aliphatic carbocycles.